The number of benzene rings is 1. The van der Waals surface area contributed by atoms with Crippen LogP contribution in [-0.2, 0) is 23.4 Å². The number of halogens is 1. The molecule has 0 bridgehead atoms. The van der Waals surface area contributed by atoms with Crippen LogP contribution in [0.5, 0.6) is 0 Å². The van der Waals surface area contributed by atoms with Crippen LogP contribution in [0, 0.1) is 5.82 Å². The van der Waals surface area contributed by atoms with Crippen LogP contribution in [0.3, 0.4) is 0 Å². The van der Waals surface area contributed by atoms with Crippen molar-refractivity contribution in [3.8, 4) is 11.3 Å². The normalized spacial score (nSPS) is 19.4. The van der Waals surface area contributed by atoms with E-state index in [0.29, 0.717) is 30.8 Å². The van der Waals surface area contributed by atoms with Gasteiger partial charge < -0.3 is 0 Å². The third-order valence-electron chi connectivity index (χ3n) is 4.50. The average molecular weight is 363 g/mol. The Bertz CT molecular complexity index is 876. The van der Waals surface area contributed by atoms with Crippen LogP contribution in [0.4, 0.5) is 4.39 Å². The molecular weight excluding hydrogens is 341 g/mol. The highest BCUT2D eigenvalue weighted by Gasteiger charge is 2.32. The maximum atomic E-state index is 14.2. The highest BCUT2D eigenvalue weighted by Crippen LogP contribution is 2.27. The maximum absolute atomic E-state index is 14.2. The van der Waals surface area contributed by atoms with Gasteiger partial charge in [-0.15, -0.1) is 6.58 Å². The van der Waals surface area contributed by atoms with Gasteiger partial charge in [-0.05, 0) is 18.6 Å². The molecule has 25 heavy (non-hydrogen) atoms. The first-order valence-electron chi connectivity index (χ1n) is 8.22. The van der Waals surface area contributed by atoms with Crippen molar-refractivity contribution in [2.45, 2.75) is 19.0 Å². The Kier molecular flexibility index (Phi) is 5.06. The molecule has 0 spiro atoms. The number of aromatic nitrogens is 2. The molecule has 1 atom stereocenters. The van der Waals surface area contributed by atoms with Crippen molar-refractivity contribution in [2.24, 2.45) is 7.05 Å². The summed E-state index contributed by atoms with van der Waals surface area (Å²) in [6.45, 7) is 4.86. The zero-order valence-corrected chi connectivity index (χ0v) is 15.0. The van der Waals surface area contributed by atoms with Gasteiger partial charge in [0.1, 0.15) is 5.82 Å². The van der Waals surface area contributed by atoms with Crippen LogP contribution >= 0.6 is 0 Å². The van der Waals surface area contributed by atoms with Gasteiger partial charge in [-0.3, -0.25) is 9.58 Å². The first-order chi connectivity index (χ1) is 11.9. The van der Waals surface area contributed by atoms with Gasteiger partial charge in [0.05, 0.1) is 17.2 Å². The Morgan fingerprint density at radius 2 is 2.20 bits per heavy atom. The highest BCUT2D eigenvalue weighted by atomic mass is 32.2. The summed E-state index contributed by atoms with van der Waals surface area (Å²) >= 11 is 0. The van der Waals surface area contributed by atoms with Crippen molar-refractivity contribution in [1.82, 2.24) is 14.7 Å². The smallest absolute Gasteiger partial charge is 0.151 e. The highest BCUT2D eigenvalue weighted by molar-refractivity contribution is 7.91. The Balaban J connectivity index is 1.91. The topological polar surface area (TPSA) is 55.2 Å². The van der Waals surface area contributed by atoms with Crippen molar-refractivity contribution in [1.29, 1.82) is 0 Å². The third-order valence-corrected chi connectivity index (χ3v) is 6.25. The van der Waals surface area contributed by atoms with Gasteiger partial charge >= 0.3 is 0 Å². The zero-order chi connectivity index (χ0) is 18.0. The first-order valence-corrected chi connectivity index (χ1v) is 10.0. The summed E-state index contributed by atoms with van der Waals surface area (Å²) < 4.78 is 39.5. The van der Waals surface area contributed by atoms with E-state index in [2.05, 4.69) is 16.6 Å². The summed E-state index contributed by atoms with van der Waals surface area (Å²) in [6, 6.07) is 6.51. The second-order valence-corrected chi connectivity index (χ2v) is 8.66. The second kappa shape index (κ2) is 7.09. The lowest BCUT2D eigenvalue weighted by Gasteiger charge is -2.26. The van der Waals surface area contributed by atoms with Gasteiger partial charge in [0.25, 0.3) is 0 Å². The van der Waals surface area contributed by atoms with Crippen LogP contribution in [0.2, 0.25) is 0 Å². The first kappa shape index (κ1) is 17.8. The van der Waals surface area contributed by atoms with Crippen LogP contribution in [-0.4, -0.2) is 47.2 Å². The third kappa shape index (κ3) is 3.99. The standard InChI is InChI=1S/C18H22FN3O2S/c1-3-9-22(15-8-10-25(23,24)13-15)12-14-11-21(2)20-18(14)16-6-4-5-7-17(16)19/h3-7,11,15H,1,8-10,12-13H2,2H3/t15-/m0/s1. The number of sulfone groups is 1. The molecule has 2 heterocycles. The number of aryl methyl sites for hydroxylation is 1. The molecule has 134 valence electrons. The number of rotatable bonds is 6. The van der Waals surface area contributed by atoms with Gasteiger partial charge in [-0.25, -0.2) is 12.8 Å². The van der Waals surface area contributed by atoms with E-state index in [9.17, 15) is 12.8 Å². The molecular formula is C18H22FN3O2S. The molecule has 1 aliphatic heterocycles. The monoisotopic (exact) mass is 363 g/mol. The molecule has 3 rings (SSSR count). The van der Waals surface area contributed by atoms with Gasteiger partial charge in [-0.1, -0.05) is 18.2 Å². The fraction of sp³-hybridized carbons (Fsp3) is 0.389. The summed E-state index contributed by atoms with van der Waals surface area (Å²) in [5, 5.41) is 4.42. The van der Waals surface area contributed by atoms with Crippen molar-refractivity contribution in [3.05, 3.63) is 54.5 Å². The van der Waals surface area contributed by atoms with Crippen molar-refractivity contribution < 1.29 is 12.8 Å². The van der Waals surface area contributed by atoms with Crippen LogP contribution in [0.25, 0.3) is 11.3 Å². The molecule has 0 aliphatic carbocycles. The minimum atomic E-state index is -2.97. The molecule has 1 aromatic carbocycles. The maximum Gasteiger partial charge on any atom is 0.151 e. The molecule has 1 saturated heterocycles. The van der Waals surface area contributed by atoms with E-state index in [1.54, 1.807) is 36.0 Å². The van der Waals surface area contributed by atoms with Crippen LogP contribution < -0.4 is 0 Å². The van der Waals surface area contributed by atoms with Gasteiger partial charge in [-0.2, -0.15) is 5.10 Å². The lowest BCUT2D eigenvalue weighted by Crippen LogP contribution is -2.35. The van der Waals surface area contributed by atoms with Gasteiger partial charge in [0.2, 0.25) is 0 Å². The lowest BCUT2D eigenvalue weighted by molar-refractivity contribution is 0.227. The molecule has 0 radical (unpaired) electrons. The molecule has 7 heteroatoms. The van der Waals surface area contributed by atoms with E-state index >= 15 is 0 Å². The summed E-state index contributed by atoms with van der Waals surface area (Å²) in [5.41, 5.74) is 1.92. The number of hydrogen-bond acceptors (Lipinski definition) is 4. The minimum Gasteiger partial charge on any atom is -0.291 e. The molecule has 1 aromatic heterocycles. The summed E-state index contributed by atoms with van der Waals surface area (Å²) in [6.07, 6.45) is 4.25. The predicted molar refractivity (Wildman–Crippen MR) is 96.3 cm³/mol. The molecule has 0 unspecified atom stereocenters. The lowest BCUT2D eigenvalue weighted by atomic mass is 10.1. The Hall–Kier alpha value is -1.99. The Morgan fingerprint density at radius 3 is 2.84 bits per heavy atom. The molecule has 0 amide bonds. The van der Waals surface area contributed by atoms with Crippen LogP contribution in [0.1, 0.15) is 12.0 Å². The fourth-order valence-electron chi connectivity index (χ4n) is 3.32. The molecule has 5 nitrogen and oxygen atoms in total. The summed E-state index contributed by atoms with van der Waals surface area (Å²) in [5.74, 6) is 0.0652. The SMILES string of the molecule is C=CCN(Cc1cn(C)nc1-c1ccccc1F)[C@H]1CCS(=O)(=O)C1. The number of hydrogen-bond donors (Lipinski definition) is 0. The zero-order valence-electron chi connectivity index (χ0n) is 14.2. The molecule has 1 aliphatic rings. The van der Waals surface area contributed by atoms with E-state index in [4.69, 9.17) is 0 Å². The van der Waals surface area contributed by atoms with E-state index in [-0.39, 0.29) is 23.4 Å². The van der Waals surface area contributed by atoms with Crippen molar-refractivity contribution in [2.75, 3.05) is 18.1 Å². The van der Waals surface area contributed by atoms with E-state index < -0.39 is 9.84 Å². The van der Waals surface area contributed by atoms with Gasteiger partial charge in [0, 0.05) is 43.5 Å². The van der Waals surface area contributed by atoms with Gasteiger partial charge in [0.15, 0.2) is 9.84 Å². The summed E-state index contributed by atoms with van der Waals surface area (Å²) in [4.78, 5) is 2.08. The average Bonchev–Trinajstić information content (AvgIpc) is 3.09. The van der Waals surface area contributed by atoms with E-state index in [0.717, 1.165) is 5.56 Å². The number of nitrogens with zero attached hydrogens (tertiary/aromatic N) is 3. The Labute approximate surface area is 147 Å². The molecule has 1 fully saturated rings. The second-order valence-electron chi connectivity index (χ2n) is 6.43. The molecule has 0 saturated carbocycles. The van der Waals surface area contributed by atoms with Crippen LogP contribution in [0.15, 0.2) is 43.1 Å². The minimum absolute atomic E-state index is 0.0447. The molecule has 0 N–H and O–H groups in total. The predicted octanol–water partition coefficient (Wildman–Crippen LogP) is 2.40. The summed E-state index contributed by atoms with van der Waals surface area (Å²) in [7, 11) is -1.17. The largest absolute Gasteiger partial charge is 0.291 e. The van der Waals surface area contributed by atoms with E-state index in [1.807, 2.05) is 6.20 Å². The fourth-order valence-corrected chi connectivity index (χ4v) is 5.09. The van der Waals surface area contributed by atoms with E-state index in [1.165, 1.54) is 6.07 Å². The Morgan fingerprint density at radius 1 is 1.44 bits per heavy atom. The van der Waals surface area contributed by atoms with Crippen molar-refractivity contribution >= 4 is 9.84 Å². The van der Waals surface area contributed by atoms with Crippen molar-refractivity contribution in [3.63, 3.8) is 0 Å². The molecule has 2 aromatic rings. The quantitative estimate of drug-likeness (QED) is 0.740.